The van der Waals surface area contributed by atoms with Crippen LogP contribution in [0.2, 0.25) is 0 Å². The number of hydrogen-bond acceptors (Lipinski definition) is 2. The summed E-state index contributed by atoms with van der Waals surface area (Å²) in [5, 5.41) is 3.68. The van der Waals surface area contributed by atoms with E-state index in [4.69, 9.17) is 0 Å². The molecule has 0 spiro atoms. The summed E-state index contributed by atoms with van der Waals surface area (Å²) < 4.78 is 0. The molecular formula is C15H30N2. The SMILES string of the molecule is CCCNC1CCC(N2CC(C)CC2C)CC1. The van der Waals surface area contributed by atoms with E-state index >= 15 is 0 Å². The van der Waals surface area contributed by atoms with Gasteiger partial charge in [-0.3, -0.25) is 4.90 Å². The maximum absolute atomic E-state index is 3.68. The van der Waals surface area contributed by atoms with Crippen molar-refractivity contribution < 1.29 is 0 Å². The molecule has 1 saturated heterocycles. The summed E-state index contributed by atoms with van der Waals surface area (Å²) in [7, 11) is 0. The van der Waals surface area contributed by atoms with E-state index in [1.165, 1.54) is 51.6 Å². The summed E-state index contributed by atoms with van der Waals surface area (Å²) in [6.45, 7) is 9.63. The van der Waals surface area contributed by atoms with Crippen molar-refractivity contribution in [3.63, 3.8) is 0 Å². The zero-order valence-electron chi connectivity index (χ0n) is 11.9. The molecule has 0 amide bonds. The molecule has 17 heavy (non-hydrogen) atoms. The number of nitrogens with zero attached hydrogens (tertiary/aromatic N) is 1. The molecule has 0 aromatic heterocycles. The minimum absolute atomic E-state index is 0.807. The van der Waals surface area contributed by atoms with Crippen molar-refractivity contribution in [1.82, 2.24) is 10.2 Å². The van der Waals surface area contributed by atoms with Gasteiger partial charge in [0.2, 0.25) is 0 Å². The summed E-state index contributed by atoms with van der Waals surface area (Å²) in [5.74, 6) is 0.918. The third-order valence-electron chi connectivity index (χ3n) is 4.68. The Morgan fingerprint density at radius 2 is 1.82 bits per heavy atom. The molecule has 2 nitrogen and oxygen atoms in total. The van der Waals surface area contributed by atoms with Crippen LogP contribution in [0.5, 0.6) is 0 Å². The summed E-state index contributed by atoms with van der Waals surface area (Å²) in [6, 6.07) is 2.52. The highest BCUT2D eigenvalue weighted by Gasteiger charge is 2.33. The highest BCUT2D eigenvalue weighted by atomic mass is 15.2. The van der Waals surface area contributed by atoms with Crippen molar-refractivity contribution in [3.8, 4) is 0 Å². The second-order valence-corrected chi connectivity index (χ2v) is 6.35. The molecule has 100 valence electrons. The van der Waals surface area contributed by atoms with Crippen LogP contribution < -0.4 is 5.32 Å². The Labute approximate surface area is 107 Å². The molecule has 1 N–H and O–H groups in total. The molecule has 2 atom stereocenters. The topological polar surface area (TPSA) is 15.3 Å². The van der Waals surface area contributed by atoms with Crippen molar-refractivity contribution in [1.29, 1.82) is 0 Å². The van der Waals surface area contributed by atoms with Crippen LogP contribution in [0.1, 0.15) is 59.3 Å². The minimum Gasteiger partial charge on any atom is -0.314 e. The van der Waals surface area contributed by atoms with Gasteiger partial charge in [0.05, 0.1) is 0 Å². The van der Waals surface area contributed by atoms with Gasteiger partial charge in [0.1, 0.15) is 0 Å². The smallest absolute Gasteiger partial charge is 0.00993 e. The van der Waals surface area contributed by atoms with Crippen LogP contribution in [-0.2, 0) is 0 Å². The van der Waals surface area contributed by atoms with E-state index in [9.17, 15) is 0 Å². The third-order valence-corrected chi connectivity index (χ3v) is 4.68. The van der Waals surface area contributed by atoms with Gasteiger partial charge in [-0.05, 0) is 57.9 Å². The summed E-state index contributed by atoms with van der Waals surface area (Å²) in [5.41, 5.74) is 0. The number of hydrogen-bond donors (Lipinski definition) is 1. The van der Waals surface area contributed by atoms with Crippen LogP contribution in [0.15, 0.2) is 0 Å². The first-order valence-electron chi connectivity index (χ1n) is 7.69. The largest absolute Gasteiger partial charge is 0.314 e. The van der Waals surface area contributed by atoms with E-state index < -0.39 is 0 Å². The van der Waals surface area contributed by atoms with Gasteiger partial charge in [0.25, 0.3) is 0 Å². The Balaban J connectivity index is 1.75. The van der Waals surface area contributed by atoms with Gasteiger partial charge in [0.15, 0.2) is 0 Å². The fourth-order valence-electron chi connectivity index (χ4n) is 3.80. The highest BCUT2D eigenvalue weighted by Crippen LogP contribution is 2.31. The van der Waals surface area contributed by atoms with E-state index in [1.54, 1.807) is 0 Å². The standard InChI is InChI=1S/C15H30N2/c1-4-9-16-14-5-7-15(8-6-14)17-11-12(2)10-13(17)3/h12-16H,4-11H2,1-3H3. The molecule has 2 fully saturated rings. The number of rotatable bonds is 4. The highest BCUT2D eigenvalue weighted by molar-refractivity contribution is 4.89. The number of nitrogens with one attached hydrogen (secondary N) is 1. The fourth-order valence-corrected chi connectivity index (χ4v) is 3.80. The van der Waals surface area contributed by atoms with Crippen LogP contribution in [0.25, 0.3) is 0 Å². The first kappa shape index (κ1) is 13.4. The quantitative estimate of drug-likeness (QED) is 0.810. The van der Waals surface area contributed by atoms with E-state index in [0.717, 1.165) is 24.0 Å². The monoisotopic (exact) mass is 238 g/mol. The maximum Gasteiger partial charge on any atom is 0.00993 e. The van der Waals surface area contributed by atoms with Gasteiger partial charge in [-0.15, -0.1) is 0 Å². The molecule has 0 aromatic carbocycles. The van der Waals surface area contributed by atoms with Gasteiger partial charge in [-0.1, -0.05) is 13.8 Å². The average Bonchev–Trinajstić information content (AvgIpc) is 2.66. The molecule has 2 unspecified atom stereocenters. The lowest BCUT2D eigenvalue weighted by Gasteiger charge is -2.37. The molecular weight excluding hydrogens is 208 g/mol. The van der Waals surface area contributed by atoms with E-state index in [0.29, 0.717) is 0 Å². The molecule has 2 aliphatic rings. The molecule has 2 rings (SSSR count). The first-order chi connectivity index (χ1) is 8.20. The molecule has 0 bridgehead atoms. The summed E-state index contributed by atoms with van der Waals surface area (Å²) in [4.78, 5) is 2.79. The predicted octanol–water partition coefficient (Wildman–Crippen LogP) is 3.03. The second kappa shape index (κ2) is 6.19. The molecule has 0 aromatic rings. The van der Waals surface area contributed by atoms with Gasteiger partial charge >= 0.3 is 0 Å². The normalized spacial score (nSPS) is 39.7. The van der Waals surface area contributed by atoms with Crippen LogP contribution >= 0.6 is 0 Å². The van der Waals surface area contributed by atoms with Crippen LogP contribution in [0.4, 0.5) is 0 Å². The Hall–Kier alpha value is -0.0800. The summed E-state index contributed by atoms with van der Waals surface area (Å²) in [6.07, 6.45) is 8.29. The first-order valence-corrected chi connectivity index (χ1v) is 7.69. The van der Waals surface area contributed by atoms with Gasteiger partial charge in [-0.25, -0.2) is 0 Å². The third kappa shape index (κ3) is 3.45. The summed E-state index contributed by atoms with van der Waals surface area (Å²) >= 11 is 0. The van der Waals surface area contributed by atoms with Crippen LogP contribution in [0, 0.1) is 5.92 Å². The molecule has 0 radical (unpaired) electrons. The second-order valence-electron chi connectivity index (χ2n) is 6.35. The fraction of sp³-hybridized carbons (Fsp3) is 1.00. The Morgan fingerprint density at radius 1 is 1.12 bits per heavy atom. The lowest BCUT2D eigenvalue weighted by atomic mass is 9.90. The number of likely N-dealkylation sites (tertiary alicyclic amines) is 1. The molecule has 1 aliphatic carbocycles. The Bertz CT molecular complexity index is 221. The van der Waals surface area contributed by atoms with Gasteiger partial charge in [-0.2, -0.15) is 0 Å². The van der Waals surface area contributed by atoms with Crippen molar-refractivity contribution in [2.45, 2.75) is 77.4 Å². The molecule has 1 saturated carbocycles. The molecule has 1 heterocycles. The van der Waals surface area contributed by atoms with E-state index in [-0.39, 0.29) is 0 Å². The lowest BCUT2D eigenvalue weighted by molar-refractivity contribution is 0.136. The zero-order chi connectivity index (χ0) is 12.3. The van der Waals surface area contributed by atoms with E-state index in [1.807, 2.05) is 0 Å². The van der Waals surface area contributed by atoms with Crippen molar-refractivity contribution in [2.75, 3.05) is 13.1 Å². The van der Waals surface area contributed by atoms with Crippen molar-refractivity contribution in [2.24, 2.45) is 5.92 Å². The Kier molecular flexibility index (Phi) is 4.87. The lowest BCUT2D eigenvalue weighted by Crippen LogP contribution is -2.44. The van der Waals surface area contributed by atoms with Gasteiger partial charge < -0.3 is 5.32 Å². The minimum atomic E-state index is 0.807. The zero-order valence-corrected chi connectivity index (χ0v) is 11.9. The van der Waals surface area contributed by atoms with Crippen molar-refractivity contribution in [3.05, 3.63) is 0 Å². The van der Waals surface area contributed by atoms with E-state index in [2.05, 4.69) is 31.0 Å². The average molecular weight is 238 g/mol. The maximum atomic E-state index is 3.68. The van der Waals surface area contributed by atoms with Crippen LogP contribution in [-0.4, -0.2) is 36.1 Å². The van der Waals surface area contributed by atoms with Crippen molar-refractivity contribution >= 4 is 0 Å². The van der Waals surface area contributed by atoms with Gasteiger partial charge in [0, 0.05) is 24.7 Å². The molecule has 1 aliphatic heterocycles. The predicted molar refractivity (Wildman–Crippen MR) is 74.3 cm³/mol. The Morgan fingerprint density at radius 3 is 2.35 bits per heavy atom. The molecule has 2 heteroatoms. The van der Waals surface area contributed by atoms with Crippen LogP contribution in [0.3, 0.4) is 0 Å².